The molecule has 4 rings (SSSR count). The van der Waals surface area contributed by atoms with Gasteiger partial charge in [-0.05, 0) is 50.6 Å². The second kappa shape index (κ2) is 8.64. The van der Waals surface area contributed by atoms with Gasteiger partial charge < -0.3 is 9.64 Å². The van der Waals surface area contributed by atoms with Crippen LogP contribution in [0.5, 0.6) is 0 Å². The first kappa shape index (κ1) is 18.1. The number of hydrogen-bond donors (Lipinski definition) is 0. The zero-order valence-corrected chi connectivity index (χ0v) is 16.1. The van der Waals surface area contributed by atoms with E-state index < -0.39 is 0 Å². The number of ether oxygens (including phenoxy) is 1. The fraction of sp³-hybridized carbons (Fsp3) is 0.375. The molecule has 1 aliphatic heterocycles. The van der Waals surface area contributed by atoms with Crippen molar-refractivity contribution in [1.29, 1.82) is 0 Å². The minimum Gasteiger partial charge on any atom is -0.366 e. The van der Waals surface area contributed by atoms with E-state index in [0.717, 1.165) is 29.7 Å². The maximum atomic E-state index is 6.40. The van der Waals surface area contributed by atoms with Crippen LogP contribution < -0.4 is 0 Å². The molecule has 3 heteroatoms. The zero-order valence-electron chi connectivity index (χ0n) is 16.1. The Balaban J connectivity index is 1.55. The summed E-state index contributed by atoms with van der Waals surface area (Å²) in [5, 5.41) is 1.16. The summed E-state index contributed by atoms with van der Waals surface area (Å²) in [7, 11) is 0. The van der Waals surface area contributed by atoms with Crippen molar-refractivity contribution in [2.45, 2.75) is 32.3 Å². The predicted octanol–water partition coefficient (Wildman–Crippen LogP) is 5.14. The van der Waals surface area contributed by atoms with Gasteiger partial charge in [0, 0.05) is 11.9 Å². The van der Waals surface area contributed by atoms with Crippen molar-refractivity contribution in [3.63, 3.8) is 0 Å². The normalized spacial score (nSPS) is 16.5. The van der Waals surface area contributed by atoms with Crippen molar-refractivity contribution < 1.29 is 4.74 Å². The molecule has 1 aromatic heterocycles. The van der Waals surface area contributed by atoms with Crippen LogP contribution in [0.25, 0.3) is 10.9 Å². The van der Waals surface area contributed by atoms with Gasteiger partial charge in [0.1, 0.15) is 6.10 Å². The lowest BCUT2D eigenvalue weighted by Crippen LogP contribution is -2.33. The van der Waals surface area contributed by atoms with Gasteiger partial charge in [0.05, 0.1) is 17.8 Å². The first-order valence-electron chi connectivity index (χ1n) is 10.1. The summed E-state index contributed by atoms with van der Waals surface area (Å²) in [6.07, 6.45) is 3.87. The van der Waals surface area contributed by atoms with E-state index in [1.807, 2.05) is 6.07 Å². The molecule has 0 saturated carbocycles. The Bertz CT molecular complexity index is 869. The Labute approximate surface area is 162 Å². The van der Waals surface area contributed by atoms with Gasteiger partial charge in [-0.2, -0.15) is 0 Å². The number of rotatable bonds is 6. The average molecular weight is 361 g/mol. The molecule has 1 unspecified atom stereocenters. The molecule has 0 radical (unpaired) electrons. The van der Waals surface area contributed by atoms with Gasteiger partial charge in [-0.1, -0.05) is 60.5 Å². The summed E-state index contributed by atoms with van der Waals surface area (Å²) >= 11 is 0. The topological polar surface area (TPSA) is 25.4 Å². The van der Waals surface area contributed by atoms with Crippen LogP contribution in [-0.4, -0.2) is 36.1 Å². The van der Waals surface area contributed by atoms with E-state index in [4.69, 9.17) is 9.72 Å². The van der Waals surface area contributed by atoms with Gasteiger partial charge in [0.2, 0.25) is 0 Å². The fourth-order valence-electron chi connectivity index (χ4n) is 3.80. The molecule has 0 N–H and O–H groups in total. The van der Waals surface area contributed by atoms with Gasteiger partial charge in [-0.25, -0.2) is 4.98 Å². The van der Waals surface area contributed by atoms with Crippen molar-refractivity contribution in [2.24, 2.45) is 0 Å². The Morgan fingerprint density at radius 3 is 2.52 bits per heavy atom. The summed E-state index contributed by atoms with van der Waals surface area (Å²) in [6.45, 7) is 6.24. The fourth-order valence-corrected chi connectivity index (χ4v) is 3.80. The third-order valence-electron chi connectivity index (χ3n) is 5.41. The van der Waals surface area contributed by atoms with Crippen LogP contribution in [0.4, 0.5) is 0 Å². The SMILES string of the molecule is Cc1ccc(C(OCCN2CCCCC2)c2ccc3ccccc3n2)cc1. The zero-order chi connectivity index (χ0) is 18.5. The van der Waals surface area contributed by atoms with Crippen LogP contribution in [0.1, 0.15) is 42.2 Å². The standard InChI is InChI=1S/C24H28N2O/c1-19-9-11-21(12-10-19)24(27-18-17-26-15-5-2-6-16-26)23-14-13-20-7-3-4-8-22(20)25-23/h3-4,7-14,24H,2,5-6,15-18H2,1H3. The van der Waals surface area contributed by atoms with Crippen molar-refractivity contribution in [3.05, 3.63) is 77.5 Å². The summed E-state index contributed by atoms with van der Waals surface area (Å²) in [6, 6.07) is 21.1. The maximum Gasteiger partial charge on any atom is 0.125 e. The number of aromatic nitrogens is 1. The lowest BCUT2D eigenvalue weighted by atomic mass is 10.0. The summed E-state index contributed by atoms with van der Waals surface area (Å²) < 4.78 is 6.40. The molecule has 3 aromatic rings. The largest absolute Gasteiger partial charge is 0.366 e. The summed E-state index contributed by atoms with van der Waals surface area (Å²) in [5.74, 6) is 0. The monoisotopic (exact) mass is 360 g/mol. The minimum absolute atomic E-state index is 0.125. The van der Waals surface area contributed by atoms with E-state index >= 15 is 0 Å². The second-order valence-corrected chi connectivity index (χ2v) is 7.49. The second-order valence-electron chi connectivity index (χ2n) is 7.49. The maximum absolute atomic E-state index is 6.40. The van der Waals surface area contributed by atoms with Crippen molar-refractivity contribution in [1.82, 2.24) is 9.88 Å². The van der Waals surface area contributed by atoms with Crippen molar-refractivity contribution in [2.75, 3.05) is 26.2 Å². The van der Waals surface area contributed by atoms with Gasteiger partial charge in [0.25, 0.3) is 0 Å². The van der Waals surface area contributed by atoms with Crippen LogP contribution in [0.3, 0.4) is 0 Å². The van der Waals surface area contributed by atoms with Crippen LogP contribution in [0.2, 0.25) is 0 Å². The Morgan fingerprint density at radius 2 is 1.70 bits per heavy atom. The van der Waals surface area contributed by atoms with E-state index in [-0.39, 0.29) is 6.10 Å². The third-order valence-corrected chi connectivity index (χ3v) is 5.41. The third kappa shape index (κ3) is 4.55. The first-order valence-corrected chi connectivity index (χ1v) is 10.1. The quantitative estimate of drug-likeness (QED) is 0.609. The highest BCUT2D eigenvalue weighted by Gasteiger charge is 2.18. The molecular formula is C24H28N2O. The Kier molecular flexibility index (Phi) is 5.81. The predicted molar refractivity (Wildman–Crippen MR) is 111 cm³/mol. The van der Waals surface area contributed by atoms with E-state index in [2.05, 4.69) is 66.4 Å². The van der Waals surface area contributed by atoms with Crippen LogP contribution in [0, 0.1) is 6.92 Å². The number of likely N-dealkylation sites (tertiary alicyclic amines) is 1. The Morgan fingerprint density at radius 1 is 0.926 bits per heavy atom. The van der Waals surface area contributed by atoms with E-state index in [9.17, 15) is 0 Å². The molecule has 1 atom stereocenters. The summed E-state index contributed by atoms with van der Waals surface area (Å²) in [4.78, 5) is 7.42. The van der Waals surface area contributed by atoms with E-state index in [0.29, 0.717) is 0 Å². The van der Waals surface area contributed by atoms with Crippen molar-refractivity contribution in [3.8, 4) is 0 Å². The molecule has 2 aromatic carbocycles. The molecule has 0 spiro atoms. The van der Waals surface area contributed by atoms with Gasteiger partial charge in [-0.3, -0.25) is 0 Å². The molecule has 1 aliphatic rings. The molecule has 140 valence electrons. The molecule has 0 bridgehead atoms. The van der Waals surface area contributed by atoms with Gasteiger partial charge in [0.15, 0.2) is 0 Å². The number of hydrogen-bond acceptors (Lipinski definition) is 3. The van der Waals surface area contributed by atoms with E-state index in [1.54, 1.807) is 0 Å². The van der Waals surface area contributed by atoms with Crippen molar-refractivity contribution >= 4 is 10.9 Å². The highest BCUT2D eigenvalue weighted by atomic mass is 16.5. The molecule has 2 heterocycles. The number of pyridine rings is 1. The molecule has 1 fully saturated rings. The number of nitrogens with zero attached hydrogens (tertiary/aromatic N) is 2. The van der Waals surface area contributed by atoms with Gasteiger partial charge in [-0.15, -0.1) is 0 Å². The molecule has 0 aliphatic carbocycles. The molecule has 3 nitrogen and oxygen atoms in total. The lowest BCUT2D eigenvalue weighted by Gasteiger charge is -2.27. The average Bonchev–Trinajstić information content (AvgIpc) is 2.73. The van der Waals surface area contributed by atoms with Crippen LogP contribution >= 0.6 is 0 Å². The number of aryl methyl sites for hydroxylation is 1. The molecule has 27 heavy (non-hydrogen) atoms. The van der Waals surface area contributed by atoms with Gasteiger partial charge >= 0.3 is 0 Å². The first-order chi connectivity index (χ1) is 13.3. The van der Waals surface area contributed by atoms with Crippen LogP contribution in [-0.2, 0) is 4.74 Å². The Hall–Kier alpha value is -2.23. The smallest absolute Gasteiger partial charge is 0.125 e. The van der Waals surface area contributed by atoms with Crippen LogP contribution in [0.15, 0.2) is 60.7 Å². The highest BCUT2D eigenvalue weighted by Crippen LogP contribution is 2.27. The highest BCUT2D eigenvalue weighted by molar-refractivity contribution is 5.78. The lowest BCUT2D eigenvalue weighted by molar-refractivity contribution is 0.0537. The number of para-hydroxylation sites is 1. The minimum atomic E-state index is -0.125. The number of benzene rings is 2. The summed E-state index contributed by atoms with van der Waals surface area (Å²) in [5.41, 5.74) is 4.43. The molecule has 1 saturated heterocycles. The van der Waals surface area contributed by atoms with E-state index in [1.165, 1.54) is 43.5 Å². The molecule has 0 amide bonds. The molecular weight excluding hydrogens is 332 g/mol. The number of fused-ring (bicyclic) bond motifs is 1. The number of piperidine rings is 1.